The van der Waals surface area contributed by atoms with Crippen molar-refractivity contribution in [1.29, 1.82) is 0 Å². The van der Waals surface area contributed by atoms with Crippen LogP contribution >= 0.6 is 11.6 Å². The van der Waals surface area contributed by atoms with Crippen molar-refractivity contribution >= 4 is 11.6 Å². The van der Waals surface area contributed by atoms with E-state index >= 15 is 0 Å². The molecule has 1 fully saturated rings. The summed E-state index contributed by atoms with van der Waals surface area (Å²) in [6, 6.07) is 9.03. The Labute approximate surface area is 103 Å². The summed E-state index contributed by atoms with van der Waals surface area (Å²) in [6.45, 7) is 6.36. The Bertz CT molecular complexity index is 404. The molecule has 0 nitrogen and oxygen atoms in total. The normalized spacial score (nSPS) is 19.2. The first-order valence-corrected chi connectivity index (χ1v) is 6.41. The molecule has 1 saturated carbocycles. The number of benzene rings is 1. The van der Waals surface area contributed by atoms with Crippen LogP contribution in [0.5, 0.6) is 0 Å². The van der Waals surface area contributed by atoms with E-state index in [1.165, 1.54) is 29.5 Å². The van der Waals surface area contributed by atoms with Crippen molar-refractivity contribution < 1.29 is 0 Å². The highest BCUT2D eigenvalue weighted by Crippen LogP contribution is 2.54. The summed E-state index contributed by atoms with van der Waals surface area (Å²) < 4.78 is 0. The van der Waals surface area contributed by atoms with Crippen LogP contribution in [0.4, 0.5) is 0 Å². The minimum Gasteiger partial charge on any atom is -0.0895 e. The summed E-state index contributed by atoms with van der Waals surface area (Å²) >= 11 is 6.14. The minimum atomic E-state index is 0.262. The first kappa shape index (κ1) is 11.7. The Hall–Kier alpha value is -0.750. The van der Waals surface area contributed by atoms with E-state index in [-0.39, 0.29) is 5.41 Å². The predicted octanol–water partition coefficient (Wildman–Crippen LogP) is 4.81. The van der Waals surface area contributed by atoms with Crippen LogP contribution in [0.15, 0.2) is 34.9 Å². The van der Waals surface area contributed by atoms with Gasteiger partial charge in [0.2, 0.25) is 0 Å². The molecule has 2 rings (SSSR count). The lowest BCUT2D eigenvalue weighted by molar-refractivity contribution is 0.813. The first-order valence-electron chi connectivity index (χ1n) is 6.03. The van der Waals surface area contributed by atoms with Crippen molar-refractivity contribution in [1.82, 2.24) is 0 Å². The molecule has 0 spiro atoms. The van der Waals surface area contributed by atoms with E-state index < -0.39 is 0 Å². The summed E-state index contributed by atoms with van der Waals surface area (Å²) in [5.41, 5.74) is 4.45. The van der Waals surface area contributed by atoms with Crippen molar-refractivity contribution in [2.75, 3.05) is 0 Å². The Balaban J connectivity index is 2.34. The second-order valence-electron chi connectivity index (χ2n) is 4.79. The van der Waals surface area contributed by atoms with Crippen molar-refractivity contribution in [3.8, 4) is 0 Å². The zero-order valence-corrected chi connectivity index (χ0v) is 11.1. The van der Waals surface area contributed by atoms with Crippen LogP contribution in [0.1, 0.15) is 44.7 Å². The van der Waals surface area contributed by atoms with Crippen LogP contribution in [-0.4, -0.2) is 0 Å². The molecule has 1 aromatic rings. The maximum Gasteiger partial charge on any atom is 0.0174 e. The van der Waals surface area contributed by atoms with Gasteiger partial charge in [-0.05, 0) is 49.8 Å². The molecule has 0 aliphatic heterocycles. The highest BCUT2D eigenvalue weighted by Gasteiger charge is 2.46. The molecule has 0 radical (unpaired) electrons. The lowest BCUT2D eigenvalue weighted by atomic mass is 9.88. The fraction of sp³-hybridized carbons (Fsp3) is 0.467. The van der Waals surface area contributed by atoms with Crippen LogP contribution in [0.2, 0.25) is 0 Å². The Morgan fingerprint density at radius 2 is 1.75 bits per heavy atom. The lowest BCUT2D eigenvalue weighted by Gasteiger charge is -2.18. The monoisotopic (exact) mass is 234 g/mol. The van der Waals surface area contributed by atoms with Crippen molar-refractivity contribution in [3.05, 3.63) is 46.0 Å². The molecule has 0 unspecified atom stereocenters. The number of hydrogen-bond donors (Lipinski definition) is 0. The van der Waals surface area contributed by atoms with Crippen molar-refractivity contribution in [3.63, 3.8) is 0 Å². The third kappa shape index (κ3) is 1.91. The van der Waals surface area contributed by atoms with Crippen LogP contribution in [0, 0.1) is 0 Å². The Morgan fingerprint density at radius 1 is 1.19 bits per heavy atom. The third-order valence-electron chi connectivity index (χ3n) is 3.90. The molecular weight excluding hydrogens is 216 g/mol. The molecule has 16 heavy (non-hydrogen) atoms. The van der Waals surface area contributed by atoms with Crippen LogP contribution in [0.25, 0.3) is 0 Å². The maximum absolute atomic E-state index is 6.14. The van der Waals surface area contributed by atoms with E-state index in [4.69, 9.17) is 11.6 Å². The highest BCUT2D eigenvalue weighted by atomic mass is 35.5. The van der Waals surface area contributed by atoms with Gasteiger partial charge in [-0.25, -0.2) is 0 Å². The number of aryl methyl sites for hydroxylation is 1. The van der Waals surface area contributed by atoms with Gasteiger partial charge in [0.05, 0.1) is 0 Å². The number of halogens is 1. The molecule has 0 N–H and O–H groups in total. The van der Waals surface area contributed by atoms with Gasteiger partial charge in [0, 0.05) is 10.4 Å². The molecule has 0 atom stereocenters. The van der Waals surface area contributed by atoms with E-state index in [9.17, 15) is 0 Å². The average molecular weight is 235 g/mol. The largest absolute Gasteiger partial charge is 0.0895 e. The summed E-state index contributed by atoms with van der Waals surface area (Å²) in [5, 5.41) is 0.956. The SMILES string of the molecule is CCc1ccc(C2(C(C)=C(C)Cl)CC2)cc1. The van der Waals surface area contributed by atoms with Gasteiger partial charge in [-0.1, -0.05) is 42.8 Å². The first-order chi connectivity index (χ1) is 7.60. The van der Waals surface area contributed by atoms with Gasteiger partial charge in [0.15, 0.2) is 0 Å². The Morgan fingerprint density at radius 3 is 2.12 bits per heavy atom. The molecule has 0 heterocycles. The molecule has 0 aromatic heterocycles. The second-order valence-corrected chi connectivity index (χ2v) is 5.36. The standard InChI is InChI=1S/C15H19Cl/c1-4-13-5-7-14(8-6-13)15(9-10-15)11(2)12(3)16/h5-8H,4,9-10H2,1-3H3. The molecule has 1 aromatic carbocycles. The van der Waals surface area contributed by atoms with E-state index in [1.807, 2.05) is 6.92 Å². The number of rotatable bonds is 3. The Kier molecular flexibility index (Phi) is 3.12. The molecular formula is C15H19Cl. The maximum atomic E-state index is 6.14. The molecule has 0 bridgehead atoms. The molecule has 86 valence electrons. The molecule has 1 aliphatic rings. The van der Waals surface area contributed by atoms with E-state index in [0.29, 0.717) is 0 Å². The zero-order valence-electron chi connectivity index (χ0n) is 10.3. The summed E-state index contributed by atoms with van der Waals surface area (Å²) in [5.74, 6) is 0. The van der Waals surface area contributed by atoms with Crippen LogP contribution in [0.3, 0.4) is 0 Å². The molecule has 1 heteroatoms. The number of allylic oxidation sites excluding steroid dienone is 2. The van der Waals surface area contributed by atoms with Crippen LogP contribution in [-0.2, 0) is 11.8 Å². The van der Waals surface area contributed by atoms with Gasteiger partial charge in [-0.2, -0.15) is 0 Å². The van der Waals surface area contributed by atoms with Gasteiger partial charge in [-0.15, -0.1) is 0 Å². The fourth-order valence-corrected chi connectivity index (χ4v) is 2.58. The van der Waals surface area contributed by atoms with Gasteiger partial charge in [0.1, 0.15) is 0 Å². The van der Waals surface area contributed by atoms with Gasteiger partial charge in [0.25, 0.3) is 0 Å². The summed E-state index contributed by atoms with van der Waals surface area (Å²) in [4.78, 5) is 0. The van der Waals surface area contributed by atoms with E-state index in [2.05, 4.69) is 38.1 Å². The van der Waals surface area contributed by atoms with Crippen molar-refractivity contribution in [2.45, 2.75) is 45.4 Å². The summed E-state index contributed by atoms with van der Waals surface area (Å²) in [6.07, 6.45) is 3.60. The van der Waals surface area contributed by atoms with Gasteiger partial charge < -0.3 is 0 Å². The van der Waals surface area contributed by atoms with Gasteiger partial charge in [-0.3, -0.25) is 0 Å². The topological polar surface area (TPSA) is 0 Å². The zero-order chi connectivity index (χ0) is 11.8. The smallest absolute Gasteiger partial charge is 0.0174 e. The minimum absolute atomic E-state index is 0.262. The van der Waals surface area contributed by atoms with Crippen LogP contribution < -0.4 is 0 Å². The van der Waals surface area contributed by atoms with Crippen molar-refractivity contribution in [2.24, 2.45) is 0 Å². The summed E-state index contributed by atoms with van der Waals surface area (Å²) in [7, 11) is 0. The fourth-order valence-electron chi connectivity index (χ4n) is 2.39. The van der Waals surface area contributed by atoms with Gasteiger partial charge >= 0.3 is 0 Å². The van der Waals surface area contributed by atoms with E-state index in [1.54, 1.807) is 0 Å². The predicted molar refractivity (Wildman–Crippen MR) is 71.0 cm³/mol. The molecule has 1 aliphatic carbocycles. The second kappa shape index (κ2) is 4.25. The highest BCUT2D eigenvalue weighted by molar-refractivity contribution is 6.29. The molecule has 0 amide bonds. The third-order valence-corrected chi connectivity index (χ3v) is 4.18. The quantitative estimate of drug-likeness (QED) is 0.704. The number of hydrogen-bond acceptors (Lipinski definition) is 0. The molecule has 0 saturated heterocycles. The lowest BCUT2D eigenvalue weighted by Crippen LogP contribution is -2.09. The van der Waals surface area contributed by atoms with E-state index in [0.717, 1.165) is 11.5 Å². The average Bonchev–Trinajstić information content (AvgIpc) is 3.09.